The molecule has 0 spiro atoms. The van der Waals surface area contributed by atoms with Crippen LogP contribution in [0.15, 0.2) is 87.6 Å². The van der Waals surface area contributed by atoms with E-state index < -0.39 is 12.0 Å². The Bertz CT molecular complexity index is 1610. The number of allylic oxidation sites excluding steroid dienone is 1. The molecule has 1 N–H and O–H groups in total. The van der Waals surface area contributed by atoms with Gasteiger partial charge in [0.2, 0.25) is 11.1 Å². The number of nitrogens with zero attached hydrogens (tertiary/aromatic N) is 3. The second-order valence-electron chi connectivity index (χ2n) is 9.64. The second-order valence-corrected chi connectivity index (χ2v) is 11.9. The standard InChI is InChI=1S/C31H30BrClN4O3S/c1-4-15-39-29(38)27-20(3)34-30-35-31(41-18-22-11-7-8-12-25(22)33)36-37(30)28(27)24-16-23(32)13-14-26(24)40-17-21-10-6-5-9-19(21)2/h5-14,16,28H,4,15,17-18H2,1-3H3,(H,34,35,36). The number of nitrogens with one attached hydrogen (secondary N) is 1. The number of halogens is 2. The number of aryl methyl sites for hydroxylation is 1. The van der Waals surface area contributed by atoms with E-state index in [0.717, 1.165) is 33.1 Å². The zero-order valence-electron chi connectivity index (χ0n) is 23.0. The van der Waals surface area contributed by atoms with Crippen molar-refractivity contribution in [3.05, 3.63) is 110 Å². The Morgan fingerprint density at radius 2 is 1.85 bits per heavy atom. The van der Waals surface area contributed by atoms with E-state index in [9.17, 15) is 4.79 Å². The van der Waals surface area contributed by atoms with E-state index in [4.69, 9.17) is 31.2 Å². The predicted molar refractivity (Wildman–Crippen MR) is 166 cm³/mol. The number of benzene rings is 3. The number of fused-ring (bicyclic) bond motifs is 1. The molecule has 4 aromatic rings. The number of carbonyl (C=O) groups excluding carboxylic acids is 1. The summed E-state index contributed by atoms with van der Waals surface area (Å²) < 4.78 is 14.6. The number of carbonyl (C=O) groups is 1. The maximum Gasteiger partial charge on any atom is 0.338 e. The molecule has 5 rings (SSSR count). The lowest BCUT2D eigenvalue weighted by molar-refractivity contribution is -0.139. The van der Waals surface area contributed by atoms with Crippen LogP contribution in [0.2, 0.25) is 5.02 Å². The fraction of sp³-hybridized carbons (Fsp3) is 0.258. The van der Waals surface area contributed by atoms with E-state index in [1.807, 2.05) is 74.5 Å². The first-order valence-corrected chi connectivity index (χ1v) is 15.5. The molecule has 3 aromatic carbocycles. The topological polar surface area (TPSA) is 78.3 Å². The number of rotatable bonds is 10. The smallest absolute Gasteiger partial charge is 0.338 e. The Kier molecular flexibility index (Phi) is 9.37. The Hall–Kier alpha value is -3.27. The van der Waals surface area contributed by atoms with Gasteiger partial charge in [-0.05, 0) is 61.2 Å². The third kappa shape index (κ3) is 6.63. The quantitative estimate of drug-likeness (QED) is 0.137. The molecule has 212 valence electrons. The molecule has 0 bridgehead atoms. The SMILES string of the molecule is CCCOC(=O)C1=C(C)Nc2nc(SCc3ccccc3Cl)nn2C1c1cc(Br)ccc1OCc1ccccc1C. The van der Waals surface area contributed by atoms with Gasteiger partial charge in [-0.1, -0.05) is 88.7 Å². The monoisotopic (exact) mass is 652 g/mol. The van der Waals surface area contributed by atoms with Crippen LogP contribution in [0.25, 0.3) is 0 Å². The van der Waals surface area contributed by atoms with Gasteiger partial charge in [-0.15, -0.1) is 5.10 Å². The number of ether oxygens (including phenoxy) is 2. The molecule has 0 aliphatic carbocycles. The van der Waals surface area contributed by atoms with Gasteiger partial charge < -0.3 is 14.8 Å². The lowest BCUT2D eigenvalue weighted by Crippen LogP contribution is -2.30. The number of thioether (sulfide) groups is 1. The van der Waals surface area contributed by atoms with Crippen LogP contribution < -0.4 is 10.1 Å². The molecule has 1 aromatic heterocycles. The number of hydrogen-bond acceptors (Lipinski definition) is 7. The molecule has 0 fully saturated rings. The molecule has 1 unspecified atom stereocenters. The van der Waals surface area contributed by atoms with Crippen LogP contribution in [0.1, 0.15) is 48.6 Å². The molecule has 41 heavy (non-hydrogen) atoms. The summed E-state index contributed by atoms with van der Waals surface area (Å²) in [5.41, 5.74) is 5.10. The van der Waals surface area contributed by atoms with Crippen LogP contribution in [-0.2, 0) is 21.9 Å². The molecule has 1 aliphatic heterocycles. The summed E-state index contributed by atoms with van der Waals surface area (Å²) in [6, 6.07) is 21.0. The van der Waals surface area contributed by atoms with Gasteiger partial charge >= 0.3 is 5.97 Å². The van der Waals surface area contributed by atoms with Crippen molar-refractivity contribution in [3.8, 4) is 5.75 Å². The van der Waals surface area contributed by atoms with Gasteiger partial charge in [0.15, 0.2) is 0 Å². The minimum absolute atomic E-state index is 0.320. The molecular formula is C31H30BrClN4O3S. The fourth-order valence-electron chi connectivity index (χ4n) is 4.57. The van der Waals surface area contributed by atoms with Crippen molar-refractivity contribution in [2.24, 2.45) is 0 Å². The van der Waals surface area contributed by atoms with Gasteiger partial charge in [0.1, 0.15) is 18.4 Å². The van der Waals surface area contributed by atoms with E-state index in [0.29, 0.717) is 52.1 Å². The number of anilines is 1. The largest absolute Gasteiger partial charge is 0.489 e. The first-order valence-electron chi connectivity index (χ1n) is 13.3. The molecule has 7 nitrogen and oxygen atoms in total. The minimum atomic E-state index is -0.623. The van der Waals surface area contributed by atoms with E-state index in [-0.39, 0.29) is 0 Å². The zero-order chi connectivity index (χ0) is 28.9. The summed E-state index contributed by atoms with van der Waals surface area (Å²) in [6.07, 6.45) is 0.718. The molecular weight excluding hydrogens is 624 g/mol. The molecule has 0 saturated heterocycles. The lowest BCUT2D eigenvalue weighted by atomic mass is 9.95. The molecule has 2 heterocycles. The summed E-state index contributed by atoms with van der Waals surface area (Å²) in [4.78, 5) is 18.2. The maximum atomic E-state index is 13.5. The molecule has 0 saturated carbocycles. The molecule has 10 heteroatoms. The predicted octanol–water partition coefficient (Wildman–Crippen LogP) is 8.12. The molecule has 1 aliphatic rings. The van der Waals surface area contributed by atoms with Gasteiger partial charge in [0.25, 0.3) is 0 Å². The van der Waals surface area contributed by atoms with Crippen molar-refractivity contribution in [2.75, 3.05) is 11.9 Å². The van der Waals surface area contributed by atoms with Gasteiger partial charge in [-0.3, -0.25) is 0 Å². The van der Waals surface area contributed by atoms with Crippen LogP contribution in [0.5, 0.6) is 5.75 Å². The highest BCUT2D eigenvalue weighted by molar-refractivity contribution is 9.10. The van der Waals surface area contributed by atoms with E-state index in [1.165, 1.54) is 11.8 Å². The highest BCUT2D eigenvalue weighted by atomic mass is 79.9. The first-order chi connectivity index (χ1) is 19.9. The minimum Gasteiger partial charge on any atom is -0.489 e. The third-order valence-electron chi connectivity index (χ3n) is 6.72. The first kappa shape index (κ1) is 29.2. The van der Waals surface area contributed by atoms with Gasteiger partial charge in [0.05, 0.1) is 12.2 Å². The number of esters is 1. The Labute approximate surface area is 257 Å². The summed E-state index contributed by atoms with van der Waals surface area (Å²) in [7, 11) is 0. The normalized spacial score (nSPS) is 14.4. The average Bonchev–Trinajstić information content (AvgIpc) is 3.37. The van der Waals surface area contributed by atoms with Crippen LogP contribution >= 0.6 is 39.3 Å². The summed E-state index contributed by atoms with van der Waals surface area (Å²) in [5, 5.41) is 9.38. The van der Waals surface area contributed by atoms with Crippen molar-refractivity contribution in [2.45, 2.75) is 50.8 Å². The van der Waals surface area contributed by atoms with Crippen molar-refractivity contribution in [3.63, 3.8) is 0 Å². The molecule has 0 radical (unpaired) electrons. The number of hydrogen-bond donors (Lipinski definition) is 1. The third-order valence-corrected chi connectivity index (χ3v) is 8.46. The summed E-state index contributed by atoms with van der Waals surface area (Å²) in [6.45, 7) is 6.59. The lowest BCUT2D eigenvalue weighted by Gasteiger charge is -2.29. The average molecular weight is 654 g/mol. The van der Waals surface area contributed by atoms with Crippen molar-refractivity contribution >= 4 is 51.2 Å². The maximum absolute atomic E-state index is 13.5. The fourth-order valence-corrected chi connectivity index (χ4v) is 6.06. The van der Waals surface area contributed by atoms with Gasteiger partial charge in [0, 0.05) is 26.5 Å². The van der Waals surface area contributed by atoms with Gasteiger partial charge in [-0.2, -0.15) is 4.98 Å². The van der Waals surface area contributed by atoms with Crippen molar-refractivity contribution in [1.82, 2.24) is 14.8 Å². The molecule has 1 atom stereocenters. The van der Waals surface area contributed by atoms with Crippen LogP contribution in [0, 0.1) is 6.92 Å². The Morgan fingerprint density at radius 3 is 2.61 bits per heavy atom. The summed E-state index contributed by atoms with van der Waals surface area (Å²) >= 11 is 11.5. The summed E-state index contributed by atoms with van der Waals surface area (Å²) in [5.74, 6) is 1.38. The molecule has 0 amide bonds. The number of aromatic nitrogens is 3. The van der Waals surface area contributed by atoms with E-state index in [1.54, 1.807) is 4.68 Å². The van der Waals surface area contributed by atoms with Crippen molar-refractivity contribution < 1.29 is 14.3 Å². The van der Waals surface area contributed by atoms with Crippen molar-refractivity contribution in [1.29, 1.82) is 0 Å². The highest BCUT2D eigenvalue weighted by Crippen LogP contribution is 2.42. The van der Waals surface area contributed by atoms with E-state index in [2.05, 4.69) is 34.2 Å². The second kappa shape index (κ2) is 13.1. The Morgan fingerprint density at radius 1 is 1.10 bits per heavy atom. The Balaban J connectivity index is 1.54. The van der Waals surface area contributed by atoms with Crippen LogP contribution in [0.3, 0.4) is 0 Å². The van der Waals surface area contributed by atoms with E-state index >= 15 is 0 Å². The zero-order valence-corrected chi connectivity index (χ0v) is 26.1. The van der Waals surface area contributed by atoms with Gasteiger partial charge in [-0.25, -0.2) is 9.48 Å². The van der Waals surface area contributed by atoms with Crippen LogP contribution in [-0.4, -0.2) is 27.3 Å². The van der Waals surface area contributed by atoms with Crippen LogP contribution in [0.4, 0.5) is 5.95 Å². The highest BCUT2D eigenvalue weighted by Gasteiger charge is 2.37.